The maximum atomic E-state index is 12.0. The van der Waals surface area contributed by atoms with Crippen molar-refractivity contribution < 1.29 is 9.22 Å². The van der Waals surface area contributed by atoms with E-state index in [9.17, 15) is 5.11 Å². The second-order valence-corrected chi connectivity index (χ2v) is 19.4. The Labute approximate surface area is 383 Å². The van der Waals surface area contributed by atoms with Gasteiger partial charge in [0.15, 0.2) is 0 Å². The number of rotatable bonds is 7. The topological polar surface area (TPSA) is 50.9 Å². The molecule has 4 heteroatoms. The molecule has 0 aliphatic rings. The molecule has 64 heavy (non-hydrogen) atoms. The fraction of sp³-hybridized carbons (Fsp3) is 0.200. The standard InChI is InChI=1S/C60H57N3O/c1-37-19-21-41(22-20-37)44-27-28-61-53(35-44)46-32-45(33-48(34-46)60(8,9)10)49-17-14-18-54-56(49)62-58(52-30-38(2)29-40(4)57(52)64)63(54)55-31-39(3)50(36-51(55)42-15-12-11-13-16-42)43-23-25-47(26-24-43)59(5,6)7/h11-36,64H,1-10H3/i3D3. The van der Waals surface area contributed by atoms with Crippen molar-refractivity contribution in [3.8, 4) is 78.6 Å². The van der Waals surface area contributed by atoms with Gasteiger partial charge in [0.05, 0.1) is 28.0 Å². The van der Waals surface area contributed by atoms with E-state index >= 15 is 0 Å². The lowest BCUT2D eigenvalue weighted by Crippen LogP contribution is -2.11. The summed E-state index contributed by atoms with van der Waals surface area (Å²) in [6, 6.07) is 51.7. The molecule has 2 heterocycles. The first kappa shape index (κ1) is 38.6. The van der Waals surface area contributed by atoms with Crippen LogP contribution < -0.4 is 0 Å². The fourth-order valence-electron chi connectivity index (χ4n) is 8.78. The molecular formula is C60H57N3O. The summed E-state index contributed by atoms with van der Waals surface area (Å²) in [5.74, 6) is 0.621. The zero-order valence-corrected chi connectivity index (χ0v) is 38.3. The number of aromatic hydroxyl groups is 1. The molecule has 7 aromatic carbocycles. The Balaban J connectivity index is 1.35. The average Bonchev–Trinajstić information content (AvgIpc) is 3.69. The lowest BCUT2D eigenvalue weighted by molar-refractivity contribution is 0.472. The second-order valence-electron chi connectivity index (χ2n) is 19.4. The SMILES string of the molecule is [2H]C([2H])([2H])c1cc(-n2c(-c3cc(C)cc(C)c3O)nc3c(-c4cc(-c5cc(-c6ccc(C)cc6)ccn5)cc(C(C)(C)C)c4)cccc32)c(-c2ccccc2)cc1-c1ccc(C(C)(C)C)cc1. The number of para-hydroxylation sites is 1. The van der Waals surface area contributed by atoms with Crippen LogP contribution in [-0.2, 0) is 10.8 Å². The van der Waals surface area contributed by atoms with Gasteiger partial charge in [0.1, 0.15) is 11.6 Å². The van der Waals surface area contributed by atoms with Crippen molar-refractivity contribution in [1.82, 2.24) is 14.5 Å². The van der Waals surface area contributed by atoms with Gasteiger partial charge >= 0.3 is 0 Å². The highest BCUT2D eigenvalue weighted by Crippen LogP contribution is 2.44. The van der Waals surface area contributed by atoms with Gasteiger partial charge in [0, 0.05) is 27.0 Å². The maximum Gasteiger partial charge on any atom is 0.149 e. The fourth-order valence-corrected chi connectivity index (χ4v) is 8.78. The number of imidazole rings is 1. The van der Waals surface area contributed by atoms with Crippen molar-refractivity contribution in [1.29, 1.82) is 0 Å². The molecule has 2 aromatic heterocycles. The number of aromatic nitrogens is 3. The summed E-state index contributed by atoms with van der Waals surface area (Å²) in [5.41, 5.74) is 17.0. The van der Waals surface area contributed by atoms with E-state index in [2.05, 4.69) is 138 Å². The molecule has 0 unspecified atom stereocenters. The highest BCUT2D eigenvalue weighted by Gasteiger charge is 2.25. The van der Waals surface area contributed by atoms with E-state index in [1.165, 1.54) is 5.56 Å². The number of phenolic OH excluding ortho intramolecular Hbond substituents is 1. The smallest absolute Gasteiger partial charge is 0.149 e. The van der Waals surface area contributed by atoms with Crippen LogP contribution in [0.15, 0.2) is 158 Å². The number of fused-ring (bicyclic) bond motifs is 1. The van der Waals surface area contributed by atoms with Crippen LogP contribution >= 0.6 is 0 Å². The summed E-state index contributed by atoms with van der Waals surface area (Å²) < 4.78 is 29.1. The number of phenols is 1. The third-order valence-electron chi connectivity index (χ3n) is 12.4. The largest absolute Gasteiger partial charge is 0.507 e. The third kappa shape index (κ3) is 8.05. The maximum absolute atomic E-state index is 12.0. The molecule has 0 radical (unpaired) electrons. The Morgan fingerprint density at radius 1 is 0.500 bits per heavy atom. The van der Waals surface area contributed by atoms with E-state index in [0.29, 0.717) is 28.2 Å². The van der Waals surface area contributed by atoms with E-state index in [-0.39, 0.29) is 22.1 Å². The lowest BCUT2D eigenvalue weighted by Gasteiger charge is -2.22. The van der Waals surface area contributed by atoms with Gasteiger partial charge in [0.25, 0.3) is 0 Å². The van der Waals surface area contributed by atoms with Crippen molar-refractivity contribution in [3.05, 3.63) is 191 Å². The Hall–Kier alpha value is -7.04. The molecule has 0 aliphatic heterocycles. The summed E-state index contributed by atoms with van der Waals surface area (Å²) in [6.45, 7) is 16.7. The first-order valence-electron chi connectivity index (χ1n) is 23.6. The number of pyridine rings is 1. The molecule has 4 nitrogen and oxygen atoms in total. The first-order chi connectivity index (χ1) is 31.7. The number of nitrogens with zero attached hydrogens (tertiary/aromatic N) is 3. The number of hydrogen-bond donors (Lipinski definition) is 1. The predicted molar refractivity (Wildman–Crippen MR) is 269 cm³/mol. The molecule has 0 fully saturated rings. The molecule has 1 N–H and O–H groups in total. The Kier molecular flexibility index (Phi) is 9.81. The minimum Gasteiger partial charge on any atom is -0.507 e. The van der Waals surface area contributed by atoms with Gasteiger partial charge in [-0.1, -0.05) is 150 Å². The van der Waals surface area contributed by atoms with E-state index in [0.717, 1.165) is 78.0 Å². The van der Waals surface area contributed by atoms with Gasteiger partial charge in [-0.15, -0.1) is 0 Å². The monoisotopic (exact) mass is 838 g/mol. The van der Waals surface area contributed by atoms with Crippen LogP contribution in [0.1, 0.15) is 79.0 Å². The molecule has 0 aliphatic carbocycles. The van der Waals surface area contributed by atoms with Gasteiger partial charge in [-0.25, -0.2) is 4.98 Å². The summed E-state index contributed by atoms with van der Waals surface area (Å²) in [6.07, 6.45) is 1.88. The van der Waals surface area contributed by atoms with Crippen LogP contribution in [0.25, 0.3) is 83.9 Å². The first-order valence-corrected chi connectivity index (χ1v) is 22.1. The number of aryl methyl sites for hydroxylation is 4. The molecule has 318 valence electrons. The van der Waals surface area contributed by atoms with Crippen molar-refractivity contribution >= 4 is 11.0 Å². The van der Waals surface area contributed by atoms with Crippen LogP contribution in [0, 0.1) is 27.6 Å². The van der Waals surface area contributed by atoms with Gasteiger partial charge in [-0.2, -0.15) is 0 Å². The molecule has 0 amide bonds. The zero-order valence-electron chi connectivity index (χ0n) is 41.3. The van der Waals surface area contributed by atoms with Crippen molar-refractivity contribution in [2.45, 2.75) is 80.0 Å². The van der Waals surface area contributed by atoms with Crippen LogP contribution in [0.2, 0.25) is 0 Å². The molecule has 0 atom stereocenters. The summed E-state index contributed by atoms with van der Waals surface area (Å²) >= 11 is 0. The van der Waals surface area contributed by atoms with Crippen LogP contribution in [0.5, 0.6) is 5.75 Å². The highest BCUT2D eigenvalue weighted by molar-refractivity contribution is 5.98. The van der Waals surface area contributed by atoms with E-state index < -0.39 is 6.85 Å². The molecule has 0 saturated carbocycles. The molecule has 9 rings (SSSR count). The molecule has 0 bridgehead atoms. The van der Waals surface area contributed by atoms with Gasteiger partial charge < -0.3 is 5.11 Å². The van der Waals surface area contributed by atoms with Gasteiger partial charge in [0.2, 0.25) is 0 Å². The quantitative estimate of drug-likeness (QED) is 0.174. The highest BCUT2D eigenvalue weighted by atomic mass is 16.3. The van der Waals surface area contributed by atoms with Crippen molar-refractivity contribution in [3.63, 3.8) is 0 Å². The normalized spacial score (nSPS) is 12.9. The average molecular weight is 839 g/mol. The minimum atomic E-state index is -2.47. The van der Waals surface area contributed by atoms with Crippen LogP contribution in [0.4, 0.5) is 0 Å². The Morgan fingerprint density at radius 2 is 1.19 bits per heavy atom. The molecule has 0 saturated heterocycles. The summed E-state index contributed by atoms with van der Waals surface area (Å²) in [4.78, 5) is 10.4. The molecule has 9 aromatic rings. The van der Waals surface area contributed by atoms with Crippen molar-refractivity contribution in [2.24, 2.45) is 0 Å². The van der Waals surface area contributed by atoms with Gasteiger partial charge in [-0.05, 0) is 148 Å². The number of benzene rings is 7. The zero-order chi connectivity index (χ0) is 47.6. The van der Waals surface area contributed by atoms with Crippen LogP contribution in [-0.4, -0.2) is 19.6 Å². The second kappa shape index (κ2) is 16.3. The minimum absolute atomic E-state index is 0.0683. The van der Waals surface area contributed by atoms with E-state index in [1.54, 1.807) is 0 Å². The third-order valence-corrected chi connectivity index (χ3v) is 12.4. The lowest BCUT2D eigenvalue weighted by atomic mass is 9.83. The van der Waals surface area contributed by atoms with E-state index in [4.69, 9.17) is 14.1 Å². The van der Waals surface area contributed by atoms with Crippen LogP contribution in [0.3, 0.4) is 0 Å². The summed E-state index contributed by atoms with van der Waals surface area (Å²) in [7, 11) is 0. The summed E-state index contributed by atoms with van der Waals surface area (Å²) in [5, 5.41) is 12.0. The molecular weight excluding hydrogens is 779 g/mol. The van der Waals surface area contributed by atoms with Gasteiger partial charge in [-0.3, -0.25) is 9.55 Å². The Morgan fingerprint density at radius 3 is 1.89 bits per heavy atom. The predicted octanol–water partition coefficient (Wildman–Crippen LogP) is 16.0. The molecule has 0 spiro atoms. The number of hydrogen-bond acceptors (Lipinski definition) is 3. The van der Waals surface area contributed by atoms with Crippen molar-refractivity contribution in [2.75, 3.05) is 0 Å². The Bertz CT molecular complexity index is 3310. The van der Waals surface area contributed by atoms with E-state index in [1.807, 2.05) is 86.8 Å².